The summed E-state index contributed by atoms with van der Waals surface area (Å²) in [5.41, 5.74) is 0.528. The molecule has 1 saturated carbocycles. The Labute approximate surface area is 137 Å². The first-order chi connectivity index (χ1) is 11.0. The summed E-state index contributed by atoms with van der Waals surface area (Å²) >= 11 is 0. The van der Waals surface area contributed by atoms with E-state index in [9.17, 15) is 13.2 Å². The molecular weight excluding hydrogens is 314 g/mol. The fraction of sp³-hybridized carbons (Fsp3) is 0.588. The second-order valence-electron chi connectivity index (χ2n) is 6.50. The summed E-state index contributed by atoms with van der Waals surface area (Å²) in [5.74, 6) is 0.855. The van der Waals surface area contributed by atoms with E-state index in [4.69, 9.17) is 4.74 Å². The van der Waals surface area contributed by atoms with Crippen molar-refractivity contribution in [2.24, 2.45) is 5.92 Å². The highest BCUT2D eigenvalue weighted by Gasteiger charge is 2.28. The van der Waals surface area contributed by atoms with E-state index in [-0.39, 0.29) is 29.4 Å². The number of para-hydroxylation sites is 1. The first-order valence-corrected chi connectivity index (χ1v) is 10.1. The van der Waals surface area contributed by atoms with E-state index in [1.807, 2.05) is 18.2 Å². The van der Waals surface area contributed by atoms with Crippen molar-refractivity contribution in [1.82, 2.24) is 5.32 Å². The predicted octanol–water partition coefficient (Wildman–Crippen LogP) is 2.17. The van der Waals surface area contributed by atoms with Gasteiger partial charge >= 0.3 is 0 Å². The molecule has 23 heavy (non-hydrogen) atoms. The molecular formula is C17H23NO4S. The largest absolute Gasteiger partial charge is 0.490 e. The lowest BCUT2D eigenvalue weighted by molar-refractivity contribution is 0.0941. The Kier molecular flexibility index (Phi) is 4.90. The third-order valence-corrected chi connectivity index (χ3v) is 6.44. The van der Waals surface area contributed by atoms with Crippen molar-refractivity contribution in [1.29, 1.82) is 0 Å². The normalized spacial score (nSPS) is 23.7. The molecule has 0 aromatic heterocycles. The molecule has 2 aliphatic rings. The summed E-state index contributed by atoms with van der Waals surface area (Å²) in [6.07, 6.45) is 5.25. The van der Waals surface area contributed by atoms with Gasteiger partial charge in [0.2, 0.25) is 0 Å². The third kappa shape index (κ3) is 4.25. The number of benzene rings is 1. The second-order valence-corrected chi connectivity index (χ2v) is 8.73. The Morgan fingerprint density at radius 3 is 2.61 bits per heavy atom. The van der Waals surface area contributed by atoms with Crippen LogP contribution in [0.4, 0.5) is 0 Å². The minimum atomic E-state index is -2.91. The van der Waals surface area contributed by atoms with Crippen LogP contribution in [0.25, 0.3) is 0 Å². The van der Waals surface area contributed by atoms with Crippen LogP contribution < -0.4 is 10.1 Å². The molecule has 1 atom stereocenters. The van der Waals surface area contributed by atoms with Gasteiger partial charge in [0.15, 0.2) is 9.84 Å². The summed E-state index contributed by atoms with van der Waals surface area (Å²) in [6, 6.07) is 7.26. The quantitative estimate of drug-likeness (QED) is 0.894. The number of hydrogen-bond acceptors (Lipinski definition) is 4. The molecule has 1 saturated heterocycles. The van der Waals surface area contributed by atoms with Gasteiger partial charge in [0.1, 0.15) is 5.75 Å². The molecule has 0 bridgehead atoms. The SMILES string of the molecule is O=C(NC[C@H]1CCS(=O)(=O)C1)c1ccccc1OC1CCCC1. The maximum absolute atomic E-state index is 12.4. The van der Waals surface area contributed by atoms with Crippen molar-refractivity contribution >= 4 is 15.7 Å². The minimum absolute atomic E-state index is 0.0202. The first kappa shape index (κ1) is 16.3. The summed E-state index contributed by atoms with van der Waals surface area (Å²) in [7, 11) is -2.91. The van der Waals surface area contributed by atoms with Crippen molar-refractivity contribution in [3.8, 4) is 5.75 Å². The monoisotopic (exact) mass is 337 g/mol. The maximum Gasteiger partial charge on any atom is 0.255 e. The van der Waals surface area contributed by atoms with E-state index in [0.717, 1.165) is 12.8 Å². The van der Waals surface area contributed by atoms with Crippen LogP contribution in [-0.2, 0) is 9.84 Å². The van der Waals surface area contributed by atoms with Gasteiger partial charge in [-0.25, -0.2) is 8.42 Å². The van der Waals surface area contributed by atoms with Gasteiger partial charge in [-0.2, -0.15) is 0 Å². The smallest absolute Gasteiger partial charge is 0.255 e. The Morgan fingerprint density at radius 2 is 1.91 bits per heavy atom. The molecule has 1 amide bonds. The highest BCUT2D eigenvalue weighted by atomic mass is 32.2. The van der Waals surface area contributed by atoms with Gasteiger partial charge in [-0.05, 0) is 50.2 Å². The van der Waals surface area contributed by atoms with Crippen molar-refractivity contribution in [2.75, 3.05) is 18.1 Å². The Morgan fingerprint density at radius 1 is 1.17 bits per heavy atom. The van der Waals surface area contributed by atoms with Gasteiger partial charge in [-0.15, -0.1) is 0 Å². The number of rotatable bonds is 5. The van der Waals surface area contributed by atoms with E-state index in [2.05, 4.69) is 5.32 Å². The molecule has 3 rings (SSSR count). The van der Waals surface area contributed by atoms with Crippen LogP contribution in [0.3, 0.4) is 0 Å². The maximum atomic E-state index is 12.4. The third-order valence-electron chi connectivity index (χ3n) is 4.61. The van der Waals surface area contributed by atoms with Crippen molar-refractivity contribution in [2.45, 2.75) is 38.2 Å². The molecule has 0 unspecified atom stereocenters. The molecule has 1 aromatic rings. The van der Waals surface area contributed by atoms with Crippen LogP contribution in [0.15, 0.2) is 24.3 Å². The number of nitrogens with one attached hydrogen (secondary N) is 1. The predicted molar refractivity (Wildman–Crippen MR) is 88.4 cm³/mol. The Balaban J connectivity index is 1.60. The fourth-order valence-corrected chi connectivity index (χ4v) is 5.17. The number of sulfone groups is 1. The topological polar surface area (TPSA) is 72.5 Å². The zero-order valence-electron chi connectivity index (χ0n) is 13.2. The minimum Gasteiger partial charge on any atom is -0.490 e. The number of amides is 1. The Bertz CT molecular complexity index is 665. The summed E-state index contributed by atoms with van der Waals surface area (Å²) < 4.78 is 28.9. The molecule has 1 N–H and O–H groups in total. The molecule has 1 heterocycles. The standard InChI is InChI=1S/C17H23NO4S/c19-17(18-11-13-9-10-23(20,21)12-13)15-7-3-4-8-16(15)22-14-5-1-2-6-14/h3-4,7-8,13-14H,1-2,5-6,9-12H2,(H,18,19)/t13-/m1/s1. The molecule has 126 valence electrons. The van der Waals surface area contributed by atoms with Crippen LogP contribution in [0.5, 0.6) is 5.75 Å². The molecule has 6 heteroatoms. The zero-order chi connectivity index (χ0) is 16.3. The lowest BCUT2D eigenvalue weighted by Gasteiger charge is -2.17. The second kappa shape index (κ2) is 6.91. The molecule has 1 aliphatic carbocycles. The summed E-state index contributed by atoms with van der Waals surface area (Å²) in [6.45, 7) is 0.399. The number of carbonyl (C=O) groups is 1. The molecule has 0 spiro atoms. The van der Waals surface area contributed by atoms with E-state index in [0.29, 0.717) is 24.3 Å². The summed E-state index contributed by atoms with van der Waals surface area (Å²) in [5, 5.41) is 2.86. The average molecular weight is 337 g/mol. The van der Waals surface area contributed by atoms with Gasteiger partial charge in [-0.3, -0.25) is 4.79 Å². The van der Waals surface area contributed by atoms with E-state index in [1.54, 1.807) is 6.07 Å². The number of hydrogen-bond donors (Lipinski definition) is 1. The molecule has 2 fully saturated rings. The van der Waals surface area contributed by atoms with Crippen molar-refractivity contribution in [3.05, 3.63) is 29.8 Å². The van der Waals surface area contributed by atoms with Crippen LogP contribution in [-0.4, -0.2) is 38.5 Å². The van der Waals surface area contributed by atoms with Gasteiger partial charge in [0, 0.05) is 6.54 Å². The number of carbonyl (C=O) groups excluding carboxylic acids is 1. The van der Waals surface area contributed by atoms with Crippen molar-refractivity contribution < 1.29 is 17.9 Å². The van der Waals surface area contributed by atoms with Crippen LogP contribution in [0.1, 0.15) is 42.5 Å². The fourth-order valence-electron chi connectivity index (χ4n) is 3.31. The van der Waals surface area contributed by atoms with Crippen LogP contribution >= 0.6 is 0 Å². The van der Waals surface area contributed by atoms with Crippen LogP contribution in [0, 0.1) is 5.92 Å². The Hall–Kier alpha value is -1.56. The lowest BCUT2D eigenvalue weighted by atomic mass is 10.1. The van der Waals surface area contributed by atoms with Crippen LogP contribution in [0.2, 0.25) is 0 Å². The summed E-state index contributed by atoms with van der Waals surface area (Å²) in [4.78, 5) is 12.4. The zero-order valence-corrected chi connectivity index (χ0v) is 14.0. The van der Waals surface area contributed by atoms with Crippen molar-refractivity contribution in [3.63, 3.8) is 0 Å². The van der Waals surface area contributed by atoms with E-state index < -0.39 is 9.84 Å². The highest BCUT2D eigenvalue weighted by Crippen LogP contribution is 2.26. The average Bonchev–Trinajstić information content (AvgIpc) is 3.15. The van der Waals surface area contributed by atoms with E-state index >= 15 is 0 Å². The molecule has 0 radical (unpaired) electrons. The lowest BCUT2D eigenvalue weighted by Crippen LogP contribution is -2.30. The van der Waals surface area contributed by atoms with Gasteiger partial charge in [0.05, 0.1) is 23.2 Å². The molecule has 1 aliphatic heterocycles. The van der Waals surface area contributed by atoms with Gasteiger partial charge in [0.25, 0.3) is 5.91 Å². The van der Waals surface area contributed by atoms with Gasteiger partial charge < -0.3 is 10.1 Å². The first-order valence-electron chi connectivity index (χ1n) is 8.28. The van der Waals surface area contributed by atoms with E-state index in [1.165, 1.54) is 12.8 Å². The molecule has 1 aromatic carbocycles. The number of ether oxygens (including phenoxy) is 1. The van der Waals surface area contributed by atoms with Gasteiger partial charge in [-0.1, -0.05) is 12.1 Å². The molecule has 5 nitrogen and oxygen atoms in total. The highest BCUT2D eigenvalue weighted by molar-refractivity contribution is 7.91.